The molecule has 2 aromatic rings. The summed E-state index contributed by atoms with van der Waals surface area (Å²) in [5.74, 6) is 1.50. The number of halogens is 2. The molecular formula is C23H24Br2N2O2. The van der Waals surface area contributed by atoms with Crippen LogP contribution in [-0.4, -0.2) is 12.1 Å². The van der Waals surface area contributed by atoms with Crippen LogP contribution >= 0.6 is 31.9 Å². The zero-order valence-electron chi connectivity index (χ0n) is 16.3. The molecule has 2 aliphatic rings. The van der Waals surface area contributed by atoms with Crippen molar-refractivity contribution in [1.82, 2.24) is 5.43 Å². The predicted molar refractivity (Wildman–Crippen MR) is 122 cm³/mol. The van der Waals surface area contributed by atoms with E-state index in [4.69, 9.17) is 4.74 Å². The van der Waals surface area contributed by atoms with Gasteiger partial charge in [-0.25, -0.2) is 5.43 Å². The quantitative estimate of drug-likeness (QED) is 0.372. The maximum Gasteiger partial charge on any atom is 0.244 e. The fourth-order valence-corrected chi connectivity index (χ4v) is 5.32. The van der Waals surface area contributed by atoms with Crippen LogP contribution in [0.15, 0.2) is 56.5 Å². The highest BCUT2D eigenvalue weighted by Crippen LogP contribution is 2.66. The molecule has 0 heterocycles. The zero-order chi connectivity index (χ0) is 20.4. The Morgan fingerprint density at radius 3 is 2.72 bits per heavy atom. The minimum Gasteiger partial charge on any atom is -0.488 e. The summed E-state index contributed by atoms with van der Waals surface area (Å²) in [7, 11) is 0. The fourth-order valence-electron chi connectivity index (χ4n) is 4.55. The molecule has 0 unspecified atom stereocenters. The van der Waals surface area contributed by atoms with Gasteiger partial charge >= 0.3 is 0 Å². The monoisotopic (exact) mass is 518 g/mol. The molecule has 0 radical (unpaired) electrons. The molecule has 2 saturated carbocycles. The molecule has 2 aromatic carbocycles. The number of carbonyl (C=O) groups excluding carboxylic acids is 1. The van der Waals surface area contributed by atoms with Gasteiger partial charge in [0.25, 0.3) is 0 Å². The highest BCUT2D eigenvalue weighted by atomic mass is 79.9. The molecule has 2 fully saturated rings. The lowest BCUT2D eigenvalue weighted by Gasteiger charge is -2.15. The lowest BCUT2D eigenvalue weighted by molar-refractivity contribution is -0.123. The normalized spacial score (nSPS) is 25.5. The van der Waals surface area contributed by atoms with Crippen molar-refractivity contribution in [3.05, 3.63) is 62.5 Å². The summed E-state index contributed by atoms with van der Waals surface area (Å²) in [6.45, 7) is 2.74. The number of nitrogens with zero attached hydrogens (tertiary/aromatic N) is 1. The molecule has 2 aliphatic carbocycles. The summed E-state index contributed by atoms with van der Waals surface area (Å²) >= 11 is 6.99. The number of ether oxygens (including phenoxy) is 1. The Morgan fingerprint density at radius 1 is 1.24 bits per heavy atom. The Kier molecular flexibility index (Phi) is 6.11. The van der Waals surface area contributed by atoms with Gasteiger partial charge in [-0.05, 0) is 81.6 Å². The van der Waals surface area contributed by atoms with Crippen LogP contribution in [0.1, 0.15) is 43.7 Å². The molecule has 0 saturated heterocycles. The predicted octanol–water partition coefficient (Wildman–Crippen LogP) is 6.07. The second-order valence-corrected chi connectivity index (χ2v) is 9.95. The Morgan fingerprint density at radius 2 is 2.03 bits per heavy atom. The number of carbonyl (C=O) groups is 1. The first-order valence-electron chi connectivity index (χ1n) is 9.97. The first kappa shape index (κ1) is 20.6. The fraction of sp³-hybridized carbons (Fsp3) is 0.391. The van der Waals surface area contributed by atoms with E-state index in [-0.39, 0.29) is 17.2 Å². The molecule has 0 aromatic heterocycles. The molecule has 0 bridgehead atoms. The zero-order valence-corrected chi connectivity index (χ0v) is 19.5. The number of nitrogens with one attached hydrogen (secondary N) is 1. The summed E-state index contributed by atoms with van der Waals surface area (Å²) in [6, 6.07) is 13.8. The third kappa shape index (κ3) is 4.58. The summed E-state index contributed by atoms with van der Waals surface area (Å²) in [4.78, 5) is 12.5. The first-order chi connectivity index (χ1) is 14.0. The van der Waals surface area contributed by atoms with Crippen molar-refractivity contribution in [3.63, 3.8) is 0 Å². The van der Waals surface area contributed by atoms with Gasteiger partial charge in [0.05, 0.1) is 10.7 Å². The number of hydrazone groups is 1. The molecule has 152 valence electrons. The molecule has 4 nitrogen and oxygen atoms in total. The average molecular weight is 520 g/mol. The first-order valence-corrected chi connectivity index (χ1v) is 11.6. The molecule has 6 heteroatoms. The van der Waals surface area contributed by atoms with Crippen molar-refractivity contribution in [3.8, 4) is 5.75 Å². The van der Waals surface area contributed by atoms with E-state index in [1.165, 1.54) is 19.3 Å². The Hall–Kier alpha value is -1.66. The standard InChI is InChI=1S/C23H24Br2N2O2/c1-23-11-3-2-4-18(23)21(23)22(28)27-26-13-16-7-10-20(19(25)12-16)29-14-15-5-8-17(24)9-6-15/h5-10,12-13,18,21H,2-4,11,14H2,1H3,(H,27,28)/b26-13-/t18-,21-,23-/m0/s1. The maximum absolute atomic E-state index is 12.5. The van der Waals surface area contributed by atoms with Crippen LogP contribution in [0.2, 0.25) is 0 Å². The van der Waals surface area contributed by atoms with Crippen LogP contribution in [0.4, 0.5) is 0 Å². The maximum atomic E-state index is 12.5. The molecule has 29 heavy (non-hydrogen) atoms. The van der Waals surface area contributed by atoms with Crippen molar-refractivity contribution in [2.24, 2.45) is 22.4 Å². The summed E-state index contributed by atoms with van der Waals surface area (Å²) < 4.78 is 7.79. The summed E-state index contributed by atoms with van der Waals surface area (Å²) in [6.07, 6.45) is 6.50. The van der Waals surface area contributed by atoms with Crippen molar-refractivity contribution < 1.29 is 9.53 Å². The highest BCUT2D eigenvalue weighted by molar-refractivity contribution is 9.10. The van der Waals surface area contributed by atoms with Crippen molar-refractivity contribution in [1.29, 1.82) is 0 Å². The lowest BCUT2D eigenvalue weighted by atomic mass is 9.90. The van der Waals surface area contributed by atoms with Crippen molar-refractivity contribution in [2.75, 3.05) is 0 Å². The van der Waals surface area contributed by atoms with Gasteiger partial charge in [0.2, 0.25) is 5.91 Å². The van der Waals surface area contributed by atoms with Gasteiger partial charge in [-0.3, -0.25) is 4.79 Å². The number of rotatable bonds is 6. The Labute approximate surface area is 188 Å². The number of amides is 1. The van der Waals surface area contributed by atoms with Gasteiger partial charge in [-0.1, -0.05) is 47.8 Å². The van der Waals surface area contributed by atoms with E-state index in [0.29, 0.717) is 12.5 Å². The number of hydrogen-bond acceptors (Lipinski definition) is 3. The van der Waals surface area contributed by atoms with Crippen molar-refractivity contribution >= 4 is 44.0 Å². The molecule has 0 aliphatic heterocycles. The minimum atomic E-state index is 0.0594. The smallest absolute Gasteiger partial charge is 0.244 e. The SMILES string of the molecule is C[C@]12CCCC[C@H]1[C@H]2C(=O)N/N=C\c1ccc(OCc2ccc(Br)cc2)c(Br)c1. The molecule has 3 atom stereocenters. The summed E-state index contributed by atoms with van der Waals surface area (Å²) in [5, 5.41) is 4.17. The topological polar surface area (TPSA) is 50.7 Å². The molecular weight excluding hydrogens is 496 g/mol. The Bertz CT molecular complexity index is 929. The third-order valence-electron chi connectivity index (χ3n) is 6.27. The summed E-state index contributed by atoms with van der Waals surface area (Å²) in [5.41, 5.74) is 4.94. The van der Waals surface area contributed by atoms with Crippen LogP contribution < -0.4 is 10.2 Å². The molecule has 1 N–H and O–H groups in total. The molecule has 4 rings (SSSR count). The van der Waals surface area contributed by atoms with Crippen LogP contribution in [0.5, 0.6) is 5.75 Å². The minimum absolute atomic E-state index is 0.0594. The lowest BCUT2D eigenvalue weighted by Crippen LogP contribution is -2.22. The van der Waals surface area contributed by atoms with E-state index in [0.717, 1.165) is 32.2 Å². The highest BCUT2D eigenvalue weighted by Gasteiger charge is 2.64. The van der Waals surface area contributed by atoms with Crippen LogP contribution in [-0.2, 0) is 11.4 Å². The van der Waals surface area contributed by atoms with Gasteiger partial charge in [0.1, 0.15) is 12.4 Å². The van der Waals surface area contributed by atoms with E-state index in [9.17, 15) is 4.79 Å². The van der Waals surface area contributed by atoms with Crippen molar-refractivity contribution in [2.45, 2.75) is 39.2 Å². The van der Waals surface area contributed by atoms with E-state index >= 15 is 0 Å². The Balaban J connectivity index is 1.31. The average Bonchev–Trinajstić information content (AvgIpc) is 3.34. The van der Waals surface area contributed by atoms with Crippen LogP contribution in [0.25, 0.3) is 0 Å². The van der Waals surface area contributed by atoms with Gasteiger partial charge < -0.3 is 4.74 Å². The number of fused-ring (bicyclic) bond motifs is 1. The second kappa shape index (κ2) is 8.60. The van der Waals surface area contributed by atoms with Gasteiger partial charge in [0.15, 0.2) is 0 Å². The van der Waals surface area contributed by atoms with Crippen LogP contribution in [0.3, 0.4) is 0 Å². The van der Waals surface area contributed by atoms with E-state index in [1.54, 1.807) is 6.21 Å². The van der Waals surface area contributed by atoms with Gasteiger partial charge in [-0.2, -0.15) is 5.10 Å². The largest absolute Gasteiger partial charge is 0.488 e. The number of benzene rings is 2. The van der Waals surface area contributed by atoms with E-state index in [2.05, 4.69) is 49.3 Å². The van der Waals surface area contributed by atoms with Gasteiger partial charge in [-0.15, -0.1) is 0 Å². The van der Waals surface area contributed by atoms with E-state index in [1.807, 2.05) is 42.5 Å². The van der Waals surface area contributed by atoms with E-state index < -0.39 is 0 Å². The molecule has 0 spiro atoms. The third-order valence-corrected chi connectivity index (χ3v) is 7.41. The number of hydrogen-bond donors (Lipinski definition) is 1. The van der Waals surface area contributed by atoms with Gasteiger partial charge in [0, 0.05) is 10.4 Å². The second-order valence-electron chi connectivity index (χ2n) is 8.18. The molecule has 1 amide bonds. The van der Waals surface area contributed by atoms with Crippen LogP contribution in [0, 0.1) is 17.3 Å².